The van der Waals surface area contributed by atoms with E-state index in [2.05, 4.69) is 4.98 Å². The van der Waals surface area contributed by atoms with Crippen molar-refractivity contribution in [1.29, 1.82) is 0 Å². The van der Waals surface area contributed by atoms with Crippen molar-refractivity contribution in [3.8, 4) is 0 Å². The number of halogens is 1. The van der Waals surface area contributed by atoms with Gasteiger partial charge in [0.05, 0.1) is 5.41 Å². The fourth-order valence-electron chi connectivity index (χ4n) is 2.20. The van der Waals surface area contributed by atoms with Gasteiger partial charge < -0.3 is 0 Å². The summed E-state index contributed by atoms with van der Waals surface area (Å²) in [7, 11) is 0. The van der Waals surface area contributed by atoms with Crippen LogP contribution in [0.4, 0.5) is 4.39 Å². The van der Waals surface area contributed by atoms with Crippen molar-refractivity contribution in [2.75, 3.05) is 0 Å². The average Bonchev–Trinajstić information content (AvgIpc) is 2.96. The lowest BCUT2D eigenvalue weighted by Gasteiger charge is -2.15. The summed E-state index contributed by atoms with van der Waals surface area (Å²) in [5, 5.41) is 0. The summed E-state index contributed by atoms with van der Waals surface area (Å²) in [6, 6.07) is 6.49. The molecule has 0 saturated heterocycles. The van der Waals surface area contributed by atoms with Gasteiger partial charge in [-0.2, -0.15) is 0 Å². The van der Waals surface area contributed by atoms with Gasteiger partial charge in [0.1, 0.15) is 12.1 Å². The molecule has 0 spiro atoms. The molecule has 0 bridgehead atoms. The summed E-state index contributed by atoms with van der Waals surface area (Å²) in [6.45, 7) is 0. The molecule has 17 heavy (non-hydrogen) atoms. The van der Waals surface area contributed by atoms with E-state index in [4.69, 9.17) is 0 Å². The predicted molar refractivity (Wildman–Crippen MR) is 60.2 cm³/mol. The number of nitrogens with zero attached hydrogens (tertiary/aromatic N) is 2. The van der Waals surface area contributed by atoms with Crippen LogP contribution in [-0.4, -0.2) is 15.5 Å². The SMILES string of the molecule is O=C(n1ccnc1)C1(c2ccccc2F)CC1. The molecule has 0 radical (unpaired) electrons. The summed E-state index contributed by atoms with van der Waals surface area (Å²) in [5.41, 5.74) is -0.176. The van der Waals surface area contributed by atoms with Crippen LogP contribution >= 0.6 is 0 Å². The highest BCUT2D eigenvalue weighted by atomic mass is 19.1. The molecular weight excluding hydrogens is 219 g/mol. The van der Waals surface area contributed by atoms with Crippen LogP contribution in [0.15, 0.2) is 43.0 Å². The zero-order chi connectivity index (χ0) is 11.9. The van der Waals surface area contributed by atoms with Gasteiger partial charge in [0, 0.05) is 18.0 Å². The molecule has 1 aliphatic carbocycles. The first-order chi connectivity index (χ1) is 8.24. The molecule has 1 aromatic carbocycles. The highest BCUT2D eigenvalue weighted by Crippen LogP contribution is 2.50. The highest BCUT2D eigenvalue weighted by molar-refractivity contribution is 5.93. The molecule has 0 unspecified atom stereocenters. The van der Waals surface area contributed by atoms with Crippen molar-refractivity contribution < 1.29 is 9.18 Å². The Morgan fingerprint density at radius 2 is 2.12 bits per heavy atom. The zero-order valence-corrected chi connectivity index (χ0v) is 9.14. The Balaban J connectivity index is 2.03. The Morgan fingerprint density at radius 3 is 2.71 bits per heavy atom. The topological polar surface area (TPSA) is 34.9 Å². The Morgan fingerprint density at radius 1 is 1.35 bits per heavy atom. The third-order valence-electron chi connectivity index (χ3n) is 3.29. The van der Waals surface area contributed by atoms with Crippen LogP contribution in [0.3, 0.4) is 0 Å². The second kappa shape index (κ2) is 3.52. The van der Waals surface area contributed by atoms with Crippen molar-refractivity contribution in [2.45, 2.75) is 18.3 Å². The van der Waals surface area contributed by atoms with E-state index in [9.17, 15) is 9.18 Å². The largest absolute Gasteiger partial charge is 0.276 e. The summed E-state index contributed by atoms with van der Waals surface area (Å²) < 4.78 is 15.2. The van der Waals surface area contributed by atoms with E-state index in [0.29, 0.717) is 18.4 Å². The van der Waals surface area contributed by atoms with Crippen molar-refractivity contribution in [3.05, 3.63) is 54.4 Å². The van der Waals surface area contributed by atoms with E-state index in [-0.39, 0.29) is 11.7 Å². The molecule has 0 atom stereocenters. The van der Waals surface area contributed by atoms with Gasteiger partial charge in [0.25, 0.3) is 0 Å². The maximum absolute atomic E-state index is 13.8. The van der Waals surface area contributed by atoms with Gasteiger partial charge in [-0.1, -0.05) is 18.2 Å². The van der Waals surface area contributed by atoms with Crippen molar-refractivity contribution in [1.82, 2.24) is 9.55 Å². The standard InChI is InChI=1S/C13H11FN2O/c14-11-4-2-1-3-10(11)13(5-6-13)12(17)16-8-7-15-9-16/h1-4,7-9H,5-6H2. The second-order valence-corrected chi connectivity index (χ2v) is 4.34. The molecule has 86 valence electrons. The van der Waals surface area contributed by atoms with E-state index < -0.39 is 5.41 Å². The normalized spacial score (nSPS) is 16.8. The smallest absolute Gasteiger partial charge is 0.242 e. The third-order valence-corrected chi connectivity index (χ3v) is 3.29. The minimum Gasteiger partial charge on any atom is -0.276 e. The number of carbonyl (C=O) groups is 1. The summed E-state index contributed by atoms with van der Waals surface area (Å²) in [4.78, 5) is 16.1. The first kappa shape index (κ1) is 10.2. The lowest BCUT2D eigenvalue weighted by molar-refractivity contribution is 0.0860. The van der Waals surface area contributed by atoms with Crippen molar-refractivity contribution in [3.63, 3.8) is 0 Å². The third kappa shape index (κ3) is 1.48. The lowest BCUT2D eigenvalue weighted by Crippen LogP contribution is -2.26. The van der Waals surface area contributed by atoms with Gasteiger partial charge in [-0.15, -0.1) is 0 Å². The second-order valence-electron chi connectivity index (χ2n) is 4.34. The predicted octanol–water partition coefficient (Wildman–Crippen LogP) is 2.39. The van der Waals surface area contributed by atoms with E-state index in [1.54, 1.807) is 30.6 Å². The monoisotopic (exact) mass is 230 g/mol. The Hall–Kier alpha value is -1.97. The molecule has 3 rings (SSSR count). The minimum atomic E-state index is -0.675. The highest BCUT2D eigenvalue weighted by Gasteiger charge is 2.53. The number of carbonyl (C=O) groups excluding carboxylic acids is 1. The molecule has 4 heteroatoms. The van der Waals surface area contributed by atoms with Gasteiger partial charge in [-0.3, -0.25) is 9.36 Å². The molecular formula is C13H11FN2O. The number of rotatable bonds is 2. The maximum Gasteiger partial charge on any atom is 0.242 e. The van der Waals surface area contributed by atoms with E-state index in [1.165, 1.54) is 17.0 Å². The number of hydrogen-bond donors (Lipinski definition) is 0. The molecule has 2 aromatic rings. The van der Waals surface area contributed by atoms with Crippen LogP contribution in [0.1, 0.15) is 23.2 Å². The fourth-order valence-corrected chi connectivity index (χ4v) is 2.20. The Bertz CT molecular complexity index is 559. The summed E-state index contributed by atoms with van der Waals surface area (Å²) in [6.07, 6.45) is 6.01. The molecule has 1 heterocycles. The lowest BCUT2D eigenvalue weighted by atomic mass is 9.94. The van der Waals surface area contributed by atoms with Crippen LogP contribution in [0.5, 0.6) is 0 Å². The first-order valence-corrected chi connectivity index (χ1v) is 5.52. The zero-order valence-electron chi connectivity index (χ0n) is 9.14. The molecule has 1 saturated carbocycles. The van der Waals surface area contributed by atoms with E-state index >= 15 is 0 Å². The molecule has 0 amide bonds. The van der Waals surface area contributed by atoms with Crippen LogP contribution in [0.25, 0.3) is 0 Å². The molecule has 1 aromatic heterocycles. The fraction of sp³-hybridized carbons (Fsp3) is 0.231. The molecule has 0 N–H and O–H groups in total. The quantitative estimate of drug-likeness (QED) is 0.794. The van der Waals surface area contributed by atoms with Gasteiger partial charge in [-0.05, 0) is 18.9 Å². The number of benzene rings is 1. The maximum atomic E-state index is 13.8. The molecule has 1 aliphatic rings. The van der Waals surface area contributed by atoms with Crippen LogP contribution in [0, 0.1) is 5.82 Å². The van der Waals surface area contributed by atoms with E-state index in [0.717, 1.165) is 0 Å². The number of imidazole rings is 1. The summed E-state index contributed by atoms with van der Waals surface area (Å²) in [5.74, 6) is -0.404. The van der Waals surface area contributed by atoms with Gasteiger partial charge >= 0.3 is 0 Å². The molecule has 1 fully saturated rings. The van der Waals surface area contributed by atoms with Gasteiger partial charge in [-0.25, -0.2) is 9.37 Å². The summed E-state index contributed by atoms with van der Waals surface area (Å²) >= 11 is 0. The van der Waals surface area contributed by atoms with Gasteiger partial charge in [0.15, 0.2) is 0 Å². The Kier molecular flexibility index (Phi) is 2.11. The van der Waals surface area contributed by atoms with Crippen LogP contribution < -0.4 is 0 Å². The van der Waals surface area contributed by atoms with Crippen molar-refractivity contribution in [2.24, 2.45) is 0 Å². The van der Waals surface area contributed by atoms with Crippen LogP contribution in [0.2, 0.25) is 0 Å². The number of aromatic nitrogens is 2. The van der Waals surface area contributed by atoms with Crippen molar-refractivity contribution >= 4 is 5.91 Å². The first-order valence-electron chi connectivity index (χ1n) is 5.52. The Labute approximate surface area is 97.9 Å². The average molecular weight is 230 g/mol. The minimum absolute atomic E-state index is 0.0971. The molecule has 3 nitrogen and oxygen atoms in total. The molecule has 0 aliphatic heterocycles. The van der Waals surface area contributed by atoms with E-state index in [1.807, 2.05) is 0 Å². The van der Waals surface area contributed by atoms with Gasteiger partial charge in [0.2, 0.25) is 5.91 Å². The number of hydrogen-bond acceptors (Lipinski definition) is 2. The van der Waals surface area contributed by atoms with Crippen LogP contribution in [-0.2, 0) is 5.41 Å².